The van der Waals surface area contributed by atoms with Crippen LogP contribution in [-0.4, -0.2) is 30.7 Å². The van der Waals surface area contributed by atoms with Gasteiger partial charge in [-0.2, -0.15) is 0 Å². The molecule has 6 nitrogen and oxygen atoms in total. The Morgan fingerprint density at radius 2 is 2.20 bits per heavy atom. The van der Waals surface area contributed by atoms with Gasteiger partial charge in [-0.1, -0.05) is 0 Å². The molecule has 1 aliphatic rings. The van der Waals surface area contributed by atoms with E-state index in [1.807, 2.05) is 13.0 Å². The average molecular weight is 279 g/mol. The maximum atomic E-state index is 11.0. The number of nitrogens with one attached hydrogen (secondary N) is 2. The van der Waals surface area contributed by atoms with Gasteiger partial charge < -0.3 is 15.4 Å². The third-order valence-corrected chi connectivity index (χ3v) is 3.58. The highest BCUT2D eigenvalue weighted by molar-refractivity contribution is 5.63. The van der Waals surface area contributed by atoms with Crippen molar-refractivity contribution in [2.75, 3.05) is 30.4 Å². The number of nitro groups is 1. The van der Waals surface area contributed by atoms with E-state index in [1.165, 1.54) is 0 Å². The van der Waals surface area contributed by atoms with Crippen molar-refractivity contribution in [1.29, 1.82) is 0 Å². The largest absolute Gasteiger partial charge is 0.385 e. The fraction of sp³-hybridized carbons (Fsp3) is 0.571. The number of nitrogens with zero attached hydrogens (tertiary/aromatic N) is 1. The molecule has 1 heterocycles. The number of benzene rings is 1. The molecule has 2 rings (SSSR count). The fourth-order valence-electron chi connectivity index (χ4n) is 2.43. The molecule has 110 valence electrons. The van der Waals surface area contributed by atoms with E-state index in [1.54, 1.807) is 12.1 Å². The van der Waals surface area contributed by atoms with Gasteiger partial charge in [-0.05, 0) is 26.3 Å². The zero-order valence-electron chi connectivity index (χ0n) is 11.9. The molecular formula is C14H21N3O3. The summed E-state index contributed by atoms with van der Waals surface area (Å²) >= 11 is 0. The van der Waals surface area contributed by atoms with Crippen LogP contribution in [0.5, 0.6) is 0 Å². The Hall–Kier alpha value is -1.82. The van der Waals surface area contributed by atoms with Crippen LogP contribution in [0.3, 0.4) is 0 Å². The van der Waals surface area contributed by atoms with E-state index in [0.717, 1.165) is 37.6 Å². The van der Waals surface area contributed by atoms with Crippen LogP contribution in [0.2, 0.25) is 0 Å². The number of non-ortho nitro benzene ring substituents is 1. The van der Waals surface area contributed by atoms with Gasteiger partial charge >= 0.3 is 0 Å². The van der Waals surface area contributed by atoms with Crippen molar-refractivity contribution in [2.24, 2.45) is 5.92 Å². The Morgan fingerprint density at radius 1 is 1.45 bits per heavy atom. The summed E-state index contributed by atoms with van der Waals surface area (Å²) in [5, 5.41) is 17.5. The van der Waals surface area contributed by atoms with Gasteiger partial charge in [0.25, 0.3) is 5.69 Å². The van der Waals surface area contributed by atoms with Crippen molar-refractivity contribution in [2.45, 2.75) is 26.3 Å². The number of nitro benzene ring substituents is 1. The van der Waals surface area contributed by atoms with Crippen LogP contribution >= 0.6 is 0 Å². The van der Waals surface area contributed by atoms with Crippen molar-refractivity contribution < 1.29 is 9.66 Å². The highest BCUT2D eigenvalue weighted by atomic mass is 16.6. The number of hydrogen-bond acceptors (Lipinski definition) is 5. The summed E-state index contributed by atoms with van der Waals surface area (Å²) in [7, 11) is 0. The molecule has 1 fully saturated rings. The topological polar surface area (TPSA) is 76.4 Å². The molecule has 0 bridgehead atoms. The van der Waals surface area contributed by atoms with Crippen molar-refractivity contribution in [1.82, 2.24) is 0 Å². The minimum atomic E-state index is -0.366. The Labute approximate surface area is 118 Å². The normalized spacial score (nSPS) is 19.6. The summed E-state index contributed by atoms with van der Waals surface area (Å²) in [5.41, 5.74) is 1.63. The third-order valence-electron chi connectivity index (χ3n) is 3.58. The number of anilines is 2. The van der Waals surface area contributed by atoms with Gasteiger partial charge in [0.1, 0.15) is 0 Å². The predicted molar refractivity (Wildman–Crippen MR) is 79.3 cm³/mol. The maximum Gasteiger partial charge on any atom is 0.273 e. The molecule has 0 aromatic heterocycles. The predicted octanol–water partition coefficient (Wildman–Crippen LogP) is 2.86. The van der Waals surface area contributed by atoms with Crippen molar-refractivity contribution in [3.63, 3.8) is 0 Å². The molecule has 6 heteroatoms. The Balaban J connectivity index is 2.14. The number of hydrogen-bond donors (Lipinski definition) is 2. The average Bonchev–Trinajstić information content (AvgIpc) is 2.92. The molecule has 0 radical (unpaired) electrons. The first kappa shape index (κ1) is 14.6. The van der Waals surface area contributed by atoms with Crippen LogP contribution in [0.25, 0.3) is 0 Å². The lowest BCUT2D eigenvalue weighted by molar-refractivity contribution is -0.384. The monoisotopic (exact) mass is 279 g/mol. The molecule has 0 amide bonds. The second-order valence-corrected chi connectivity index (χ2v) is 5.11. The molecule has 0 saturated carbocycles. The molecule has 1 aliphatic heterocycles. The lowest BCUT2D eigenvalue weighted by Crippen LogP contribution is -2.26. The van der Waals surface area contributed by atoms with E-state index in [4.69, 9.17) is 4.74 Å². The second kappa shape index (κ2) is 6.56. The lowest BCUT2D eigenvalue weighted by Gasteiger charge is -2.21. The fourth-order valence-corrected chi connectivity index (χ4v) is 2.43. The lowest BCUT2D eigenvalue weighted by atomic mass is 10.0. The Kier molecular flexibility index (Phi) is 4.79. The first-order valence-corrected chi connectivity index (χ1v) is 6.97. The van der Waals surface area contributed by atoms with Crippen LogP contribution in [0.15, 0.2) is 18.2 Å². The van der Waals surface area contributed by atoms with Gasteiger partial charge in [-0.3, -0.25) is 10.1 Å². The molecule has 1 aromatic carbocycles. The maximum absolute atomic E-state index is 11.0. The molecule has 2 atom stereocenters. The summed E-state index contributed by atoms with van der Waals surface area (Å²) in [4.78, 5) is 10.6. The van der Waals surface area contributed by atoms with Gasteiger partial charge in [0.15, 0.2) is 0 Å². The molecule has 0 aliphatic carbocycles. The molecular weight excluding hydrogens is 258 g/mol. The molecule has 2 N–H and O–H groups in total. The molecule has 20 heavy (non-hydrogen) atoms. The zero-order valence-corrected chi connectivity index (χ0v) is 11.9. The van der Waals surface area contributed by atoms with E-state index in [9.17, 15) is 10.1 Å². The SMILES string of the molecule is CCNc1cc(NC(C)C2CCOC2)cc([N+](=O)[O-])c1. The van der Waals surface area contributed by atoms with Gasteiger partial charge in [0.2, 0.25) is 0 Å². The minimum Gasteiger partial charge on any atom is -0.385 e. The standard InChI is InChI=1S/C14H21N3O3/c1-3-15-12-6-13(8-14(7-12)17(18)19)16-10(2)11-4-5-20-9-11/h6-8,10-11,15-16H,3-5,9H2,1-2H3. The third kappa shape index (κ3) is 3.60. The van der Waals surface area contributed by atoms with E-state index < -0.39 is 0 Å². The molecule has 2 unspecified atom stereocenters. The van der Waals surface area contributed by atoms with Crippen molar-refractivity contribution in [3.8, 4) is 0 Å². The molecule has 1 aromatic rings. The smallest absolute Gasteiger partial charge is 0.273 e. The van der Waals surface area contributed by atoms with Crippen LogP contribution in [0, 0.1) is 16.0 Å². The van der Waals surface area contributed by atoms with Gasteiger partial charge in [-0.15, -0.1) is 0 Å². The van der Waals surface area contributed by atoms with E-state index in [2.05, 4.69) is 17.6 Å². The summed E-state index contributed by atoms with van der Waals surface area (Å²) in [6, 6.07) is 5.27. The summed E-state index contributed by atoms with van der Waals surface area (Å²) in [6.07, 6.45) is 1.03. The molecule has 0 spiro atoms. The number of ether oxygens (including phenoxy) is 1. The Bertz CT molecular complexity index is 473. The van der Waals surface area contributed by atoms with Crippen LogP contribution < -0.4 is 10.6 Å². The first-order valence-electron chi connectivity index (χ1n) is 6.97. The zero-order chi connectivity index (χ0) is 14.5. The van der Waals surface area contributed by atoms with Gasteiger partial charge in [-0.25, -0.2) is 0 Å². The molecule has 1 saturated heterocycles. The van der Waals surface area contributed by atoms with Crippen molar-refractivity contribution >= 4 is 17.1 Å². The summed E-state index contributed by atoms with van der Waals surface area (Å²) in [6.45, 7) is 6.33. The van der Waals surface area contributed by atoms with Crippen LogP contribution in [0.4, 0.5) is 17.1 Å². The minimum absolute atomic E-state index is 0.0980. The van der Waals surface area contributed by atoms with Crippen LogP contribution in [-0.2, 0) is 4.74 Å². The Morgan fingerprint density at radius 3 is 2.80 bits per heavy atom. The second-order valence-electron chi connectivity index (χ2n) is 5.11. The summed E-state index contributed by atoms with van der Waals surface area (Å²) in [5.74, 6) is 0.455. The highest BCUT2D eigenvalue weighted by Gasteiger charge is 2.22. The summed E-state index contributed by atoms with van der Waals surface area (Å²) < 4.78 is 5.38. The quantitative estimate of drug-likeness (QED) is 0.618. The van der Waals surface area contributed by atoms with E-state index in [0.29, 0.717) is 5.92 Å². The van der Waals surface area contributed by atoms with E-state index >= 15 is 0 Å². The van der Waals surface area contributed by atoms with Gasteiger partial charge in [0.05, 0.1) is 11.5 Å². The number of rotatable bonds is 6. The highest BCUT2D eigenvalue weighted by Crippen LogP contribution is 2.27. The van der Waals surface area contributed by atoms with E-state index in [-0.39, 0.29) is 16.7 Å². The van der Waals surface area contributed by atoms with Gasteiger partial charge in [0, 0.05) is 48.6 Å². The van der Waals surface area contributed by atoms with Crippen molar-refractivity contribution in [3.05, 3.63) is 28.3 Å². The first-order chi connectivity index (χ1) is 9.60. The van der Waals surface area contributed by atoms with Crippen LogP contribution in [0.1, 0.15) is 20.3 Å².